The van der Waals surface area contributed by atoms with E-state index in [9.17, 15) is 4.57 Å². The van der Waals surface area contributed by atoms with Crippen molar-refractivity contribution in [2.45, 2.75) is 46.8 Å². The summed E-state index contributed by atoms with van der Waals surface area (Å²) in [5.41, 5.74) is -0.0425. The molecular formula is C9H19O4P. The Morgan fingerprint density at radius 2 is 1.64 bits per heavy atom. The quantitative estimate of drug-likeness (QED) is 0.674. The number of phosphoric ester groups is 1. The van der Waals surface area contributed by atoms with Crippen LogP contribution in [0, 0.1) is 5.41 Å². The predicted octanol–water partition coefficient (Wildman–Crippen LogP) is 2.98. The Morgan fingerprint density at radius 3 is 2.00 bits per heavy atom. The molecule has 0 amide bonds. The first kappa shape index (κ1) is 12.2. The van der Waals surface area contributed by atoms with E-state index < -0.39 is 7.82 Å². The molecular weight excluding hydrogens is 203 g/mol. The highest BCUT2D eigenvalue weighted by atomic mass is 31.2. The molecule has 0 N–H and O–H groups in total. The molecule has 0 aromatic heterocycles. The van der Waals surface area contributed by atoms with E-state index in [1.165, 1.54) is 0 Å². The molecule has 0 radical (unpaired) electrons. The van der Waals surface area contributed by atoms with Crippen LogP contribution in [0.2, 0.25) is 0 Å². The molecule has 0 aromatic carbocycles. The first-order valence-electron chi connectivity index (χ1n) is 4.83. The van der Waals surface area contributed by atoms with Crippen LogP contribution in [0.3, 0.4) is 0 Å². The van der Waals surface area contributed by atoms with Crippen molar-refractivity contribution < 1.29 is 18.1 Å². The number of hydrogen-bond acceptors (Lipinski definition) is 4. The third-order valence-electron chi connectivity index (χ3n) is 1.91. The summed E-state index contributed by atoms with van der Waals surface area (Å²) in [5, 5.41) is 0. The number of hydrogen-bond donors (Lipinski definition) is 0. The van der Waals surface area contributed by atoms with E-state index in [0.29, 0.717) is 6.61 Å². The highest BCUT2D eigenvalue weighted by Crippen LogP contribution is 2.57. The lowest BCUT2D eigenvalue weighted by Gasteiger charge is -2.19. The van der Waals surface area contributed by atoms with Gasteiger partial charge in [0.2, 0.25) is 0 Å². The molecule has 1 fully saturated rings. The van der Waals surface area contributed by atoms with E-state index in [1.807, 2.05) is 34.6 Å². The monoisotopic (exact) mass is 222 g/mol. The normalized spacial score (nSPS) is 32.1. The summed E-state index contributed by atoms with van der Waals surface area (Å²) >= 11 is 0. The van der Waals surface area contributed by atoms with Crippen molar-refractivity contribution in [3.05, 3.63) is 0 Å². The summed E-state index contributed by atoms with van der Waals surface area (Å²) in [6.07, 6.45) is -0.332. The van der Waals surface area contributed by atoms with Gasteiger partial charge in [0.1, 0.15) is 0 Å². The lowest BCUT2D eigenvalue weighted by molar-refractivity contribution is 0.128. The second kappa shape index (κ2) is 3.93. The zero-order valence-electron chi connectivity index (χ0n) is 9.44. The van der Waals surface area contributed by atoms with Crippen LogP contribution in [0.15, 0.2) is 0 Å². The van der Waals surface area contributed by atoms with Gasteiger partial charge in [0, 0.05) is 0 Å². The maximum atomic E-state index is 11.8. The van der Waals surface area contributed by atoms with Crippen LogP contribution in [-0.2, 0) is 18.1 Å². The van der Waals surface area contributed by atoms with Gasteiger partial charge in [-0.25, -0.2) is 4.57 Å². The van der Waals surface area contributed by atoms with Gasteiger partial charge < -0.3 is 0 Å². The zero-order chi connectivity index (χ0) is 11.0. The lowest BCUT2D eigenvalue weighted by atomic mass is 9.99. The highest BCUT2D eigenvalue weighted by Gasteiger charge is 2.42. The topological polar surface area (TPSA) is 44.8 Å². The fraction of sp³-hybridized carbons (Fsp3) is 1.00. The summed E-state index contributed by atoms with van der Waals surface area (Å²) in [7, 11) is -3.28. The molecule has 0 unspecified atom stereocenters. The van der Waals surface area contributed by atoms with Crippen LogP contribution in [0.5, 0.6) is 0 Å². The van der Waals surface area contributed by atoms with E-state index in [1.54, 1.807) is 0 Å². The highest BCUT2D eigenvalue weighted by molar-refractivity contribution is 7.48. The van der Waals surface area contributed by atoms with Crippen molar-refractivity contribution in [2.75, 3.05) is 6.61 Å². The summed E-state index contributed by atoms with van der Waals surface area (Å²) in [5.74, 6) is 0. The first-order chi connectivity index (χ1) is 6.22. The van der Waals surface area contributed by atoms with Crippen molar-refractivity contribution in [3.63, 3.8) is 0 Å². The van der Waals surface area contributed by atoms with Gasteiger partial charge in [0.25, 0.3) is 0 Å². The van der Waals surface area contributed by atoms with Gasteiger partial charge in [-0.05, 0) is 19.3 Å². The Balaban J connectivity index is 2.49. The largest absolute Gasteiger partial charge is 0.475 e. The van der Waals surface area contributed by atoms with Crippen molar-refractivity contribution >= 4 is 7.82 Å². The van der Waals surface area contributed by atoms with Gasteiger partial charge in [-0.1, -0.05) is 20.8 Å². The minimum Gasteiger partial charge on any atom is -0.286 e. The smallest absolute Gasteiger partial charge is 0.286 e. The van der Waals surface area contributed by atoms with Crippen molar-refractivity contribution in [2.24, 2.45) is 5.41 Å². The van der Waals surface area contributed by atoms with E-state index in [-0.39, 0.29) is 17.6 Å². The van der Waals surface area contributed by atoms with Gasteiger partial charge in [-0.15, -0.1) is 0 Å². The van der Waals surface area contributed by atoms with Crippen LogP contribution < -0.4 is 0 Å². The minimum atomic E-state index is -3.28. The Bertz CT molecular complexity index is 232. The molecule has 84 valence electrons. The van der Waals surface area contributed by atoms with Gasteiger partial charge in [-0.2, -0.15) is 0 Å². The van der Waals surface area contributed by atoms with Gasteiger partial charge in [0.05, 0.1) is 18.8 Å². The molecule has 5 heteroatoms. The third-order valence-corrected chi connectivity index (χ3v) is 3.53. The summed E-state index contributed by atoms with van der Waals surface area (Å²) in [6, 6.07) is 0. The minimum absolute atomic E-state index is 0.0425. The fourth-order valence-corrected chi connectivity index (χ4v) is 2.81. The maximum Gasteiger partial charge on any atom is 0.475 e. The van der Waals surface area contributed by atoms with Crippen molar-refractivity contribution in [1.82, 2.24) is 0 Å². The summed E-state index contributed by atoms with van der Waals surface area (Å²) in [4.78, 5) is 0. The Morgan fingerprint density at radius 1 is 1.21 bits per heavy atom. The van der Waals surface area contributed by atoms with E-state index in [0.717, 1.165) is 0 Å². The van der Waals surface area contributed by atoms with Crippen LogP contribution in [0.4, 0.5) is 0 Å². The fourth-order valence-electron chi connectivity index (χ4n) is 0.937. The van der Waals surface area contributed by atoms with E-state index in [2.05, 4.69) is 0 Å². The molecule has 2 atom stereocenters. The molecule has 1 heterocycles. The van der Waals surface area contributed by atoms with E-state index >= 15 is 0 Å². The molecule has 0 aliphatic carbocycles. The van der Waals surface area contributed by atoms with Crippen molar-refractivity contribution in [3.8, 4) is 0 Å². The zero-order valence-corrected chi connectivity index (χ0v) is 10.3. The number of phosphoric acid groups is 1. The molecule has 0 saturated carbocycles. The molecule has 1 rings (SSSR count). The SMILES string of the molecule is C[C@@H]1OP(=O)(OCC(C)(C)C)O[C@H]1C. The molecule has 1 aliphatic heterocycles. The second-order valence-corrected chi connectivity index (χ2v) is 6.48. The Hall–Kier alpha value is 0.110. The van der Waals surface area contributed by atoms with Gasteiger partial charge in [0.15, 0.2) is 0 Å². The molecule has 1 aliphatic rings. The van der Waals surface area contributed by atoms with Crippen LogP contribution in [0.1, 0.15) is 34.6 Å². The predicted molar refractivity (Wildman–Crippen MR) is 54.1 cm³/mol. The van der Waals surface area contributed by atoms with Crippen LogP contribution >= 0.6 is 7.82 Å². The molecule has 0 aromatic rings. The molecule has 0 bridgehead atoms. The lowest BCUT2D eigenvalue weighted by Crippen LogP contribution is -2.13. The maximum absolute atomic E-state index is 11.8. The average Bonchev–Trinajstić information content (AvgIpc) is 2.23. The Labute approximate surface area is 85.5 Å². The van der Waals surface area contributed by atoms with Gasteiger partial charge in [-0.3, -0.25) is 13.6 Å². The molecule has 1 saturated heterocycles. The van der Waals surface area contributed by atoms with Crippen LogP contribution in [-0.4, -0.2) is 18.8 Å². The number of rotatable bonds is 2. The second-order valence-electron chi connectivity index (χ2n) is 4.90. The standard InChI is InChI=1S/C9H19O4P/c1-7-8(2)13-14(10,12-7)11-6-9(3,4)5/h7-8H,6H2,1-5H3/t7-,8-/m0/s1. The van der Waals surface area contributed by atoms with Crippen molar-refractivity contribution in [1.29, 1.82) is 0 Å². The summed E-state index contributed by atoms with van der Waals surface area (Å²) < 4.78 is 27.4. The van der Waals surface area contributed by atoms with E-state index in [4.69, 9.17) is 13.6 Å². The Kier molecular flexibility index (Phi) is 3.42. The first-order valence-corrected chi connectivity index (χ1v) is 6.29. The molecule has 4 nitrogen and oxygen atoms in total. The molecule has 0 spiro atoms. The third kappa shape index (κ3) is 3.35. The average molecular weight is 222 g/mol. The van der Waals surface area contributed by atoms with Gasteiger partial charge >= 0.3 is 7.82 Å². The summed E-state index contributed by atoms with van der Waals surface area (Å²) in [6.45, 7) is 10.0. The molecule has 14 heavy (non-hydrogen) atoms. The van der Waals surface area contributed by atoms with Crippen LogP contribution in [0.25, 0.3) is 0 Å².